The van der Waals surface area contributed by atoms with Crippen LogP contribution in [0.5, 0.6) is 0 Å². The number of aromatic nitrogens is 4. The first-order chi connectivity index (χ1) is 11.2. The molecule has 0 bridgehead atoms. The quantitative estimate of drug-likeness (QED) is 0.506. The molecule has 0 radical (unpaired) electrons. The van der Waals surface area contributed by atoms with Crippen molar-refractivity contribution in [3.8, 4) is 0 Å². The molecule has 0 aliphatic carbocycles. The van der Waals surface area contributed by atoms with Gasteiger partial charge in [-0.25, -0.2) is 15.0 Å². The molecule has 3 rings (SSSR count). The molecular formula is C15H20ClN5OS. The van der Waals surface area contributed by atoms with E-state index in [4.69, 9.17) is 16.3 Å². The Kier molecular flexibility index (Phi) is 5.50. The summed E-state index contributed by atoms with van der Waals surface area (Å²) in [6.45, 7) is 5.05. The maximum atomic E-state index is 6.16. The number of unbranched alkanes of at least 4 members (excludes halogenated alkanes) is 2. The van der Waals surface area contributed by atoms with Crippen molar-refractivity contribution in [2.24, 2.45) is 0 Å². The smallest absolute Gasteiger partial charge is 0.225 e. The molecule has 124 valence electrons. The highest BCUT2D eigenvalue weighted by molar-refractivity contribution is 7.80. The Morgan fingerprint density at radius 3 is 2.61 bits per heavy atom. The second-order valence-corrected chi connectivity index (χ2v) is 6.28. The number of anilines is 1. The third kappa shape index (κ3) is 3.84. The standard InChI is InChI=1S/C15H20ClN5OS/c1-2-3-4-5-10-11-12(19-15(23)17-10)13(20-14(16)18-11)21-6-8-22-9-7-21/h2-9H2,1H3,(H,17,19,23). The molecule has 0 N–H and O–H groups in total. The molecule has 6 nitrogen and oxygen atoms in total. The van der Waals surface area contributed by atoms with Gasteiger partial charge in [0, 0.05) is 13.1 Å². The van der Waals surface area contributed by atoms with Gasteiger partial charge in [0.15, 0.2) is 11.0 Å². The molecule has 2 aromatic rings. The lowest BCUT2D eigenvalue weighted by molar-refractivity contribution is 0.122. The first-order valence-corrected chi connectivity index (χ1v) is 8.77. The second-order valence-electron chi connectivity index (χ2n) is 5.54. The normalized spacial score (nSPS) is 15.3. The SMILES string of the molecule is CCCCCc1nc(S)nc2c(N3CCOCC3)nc(Cl)nc12. The van der Waals surface area contributed by atoms with E-state index in [2.05, 4.69) is 44.4 Å². The number of morpholine rings is 1. The van der Waals surface area contributed by atoms with Crippen LogP contribution in [-0.2, 0) is 11.2 Å². The van der Waals surface area contributed by atoms with Crippen LogP contribution in [0.4, 0.5) is 5.82 Å². The number of rotatable bonds is 5. The molecule has 1 aliphatic rings. The summed E-state index contributed by atoms with van der Waals surface area (Å²) in [6, 6.07) is 0. The van der Waals surface area contributed by atoms with E-state index < -0.39 is 0 Å². The fourth-order valence-corrected chi connectivity index (χ4v) is 3.12. The Morgan fingerprint density at radius 1 is 1.09 bits per heavy atom. The van der Waals surface area contributed by atoms with E-state index in [0.717, 1.165) is 61.3 Å². The molecule has 0 amide bonds. The van der Waals surface area contributed by atoms with Gasteiger partial charge in [0.1, 0.15) is 11.0 Å². The van der Waals surface area contributed by atoms with Gasteiger partial charge >= 0.3 is 0 Å². The van der Waals surface area contributed by atoms with Crippen molar-refractivity contribution in [3.63, 3.8) is 0 Å². The molecule has 3 heterocycles. The van der Waals surface area contributed by atoms with E-state index in [1.54, 1.807) is 0 Å². The zero-order valence-corrected chi connectivity index (χ0v) is 14.8. The van der Waals surface area contributed by atoms with Crippen LogP contribution in [0.15, 0.2) is 5.16 Å². The second kappa shape index (κ2) is 7.59. The number of fused-ring (bicyclic) bond motifs is 1. The lowest BCUT2D eigenvalue weighted by atomic mass is 10.1. The minimum Gasteiger partial charge on any atom is -0.378 e. The Hall–Kier alpha value is -1.18. The van der Waals surface area contributed by atoms with Crippen molar-refractivity contribution < 1.29 is 4.74 Å². The summed E-state index contributed by atoms with van der Waals surface area (Å²) in [5.41, 5.74) is 2.36. The largest absolute Gasteiger partial charge is 0.378 e. The number of hydrogen-bond acceptors (Lipinski definition) is 7. The van der Waals surface area contributed by atoms with Crippen molar-refractivity contribution in [1.29, 1.82) is 0 Å². The molecule has 0 atom stereocenters. The lowest BCUT2D eigenvalue weighted by Gasteiger charge is -2.28. The number of ether oxygens (including phenoxy) is 1. The molecule has 8 heteroatoms. The zero-order valence-electron chi connectivity index (χ0n) is 13.1. The van der Waals surface area contributed by atoms with E-state index in [-0.39, 0.29) is 5.28 Å². The van der Waals surface area contributed by atoms with Gasteiger partial charge < -0.3 is 9.64 Å². The van der Waals surface area contributed by atoms with Gasteiger partial charge in [-0.3, -0.25) is 0 Å². The molecule has 1 fully saturated rings. The molecule has 0 unspecified atom stereocenters. The molecule has 23 heavy (non-hydrogen) atoms. The van der Waals surface area contributed by atoms with Gasteiger partial charge in [0.05, 0.1) is 18.9 Å². The Labute approximate surface area is 146 Å². The maximum Gasteiger partial charge on any atom is 0.225 e. The summed E-state index contributed by atoms with van der Waals surface area (Å²) >= 11 is 10.5. The fourth-order valence-electron chi connectivity index (χ4n) is 2.73. The summed E-state index contributed by atoms with van der Waals surface area (Å²) in [6.07, 6.45) is 4.22. The predicted molar refractivity (Wildman–Crippen MR) is 93.7 cm³/mol. The van der Waals surface area contributed by atoms with E-state index in [1.165, 1.54) is 0 Å². The summed E-state index contributed by atoms with van der Waals surface area (Å²) in [7, 11) is 0. The minimum atomic E-state index is 0.228. The van der Waals surface area contributed by atoms with Crippen LogP contribution in [0.25, 0.3) is 11.0 Å². The first-order valence-electron chi connectivity index (χ1n) is 7.95. The molecular weight excluding hydrogens is 334 g/mol. The lowest BCUT2D eigenvalue weighted by Crippen LogP contribution is -2.37. The summed E-state index contributed by atoms with van der Waals surface area (Å²) in [5.74, 6) is 0.748. The summed E-state index contributed by atoms with van der Waals surface area (Å²) in [4.78, 5) is 19.9. The molecule has 0 aromatic carbocycles. The highest BCUT2D eigenvalue weighted by atomic mass is 35.5. The van der Waals surface area contributed by atoms with E-state index in [9.17, 15) is 0 Å². The minimum absolute atomic E-state index is 0.228. The maximum absolute atomic E-state index is 6.16. The fraction of sp³-hybridized carbons (Fsp3) is 0.600. The van der Waals surface area contributed by atoms with Crippen LogP contribution < -0.4 is 4.90 Å². The van der Waals surface area contributed by atoms with Crippen LogP contribution in [0.3, 0.4) is 0 Å². The topological polar surface area (TPSA) is 64.0 Å². The van der Waals surface area contributed by atoms with Crippen molar-refractivity contribution in [1.82, 2.24) is 19.9 Å². The third-order valence-corrected chi connectivity index (χ3v) is 4.26. The van der Waals surface area contributed by atoms with Gasteiger partial charge in [-0.15, -0.1) is 12.6 Å². The number of aryl methyl sites for hydroxylation is 1. The molecule has 1 saturated heterocycles. The highest BCUT2D eigenvalue weighted by Gasteiger charge is 2.20. The summed E-state index contributed by atoms with van der Waals surface area (Å²) in [5, 5.41) is 0.677. The molecule has 0 spiro atoms. The van der Waals surface area contributed by atoms with Gasteiger partial charge in [-0.1, -0.05) is 19.8 Å². The number of hydrogen-bond donors (Lipinski definition) is 1. The number of thiol groups is 1. The van der Waals surface area contributed by atoms with Crippen molar-refractivity contribution >= 4 is 41.1 Å². The number of nitrogens with zero attached hydrogens (tertiary/aromatic N) is 5. The van der Waals surface area contributed by atoms with Crippen LogP contribution in [0.1, 0.15) is 31.9 Å². The zero-order chi connectivity index (χ0) is 16.2. The predicted octanol–water partition coefficient (Wildman–Crippen LogP) is 2.93. The molecule has 1 aliphatic heterocycles. The Balaban J connectivity index is 2.06. The van der Waals surface area contributed by atoms with E-state index in [1.807, 2.05) is 0 Å². The van der Waals surface area contributed by atoms with Crippen LogP contribution >= 0.6 is 24.2 Å². The monoisotopic (exact) mass is 353 g/mol. The Morgan fingerprint density at radius 2 is 1.87 bits per heavy atom. The van der Waals surface area contributed by atoms with Gasteiger partial charge in [-0.05, 0) is 24.4 Å². The van der Waals surface area contributed by atoms with Crippen LogP contribution in [0.2, 0.25) is 5.28 Å². The average Bonchev–Trinajstić information content (AvgIpc) is 2.56. The van der Waals surface area contributed by atoms with Gasteiger partial charge in [-0.2, -0.15) is 4.98 Å². The summed E-state index contributed by atoms with van der Waals surface area (Å²) < 4.78 is 5.41. The van der Waals surface area contributed by atoms with Crippen molar-refractivity contribution in [2.45, 2.75) is 37.8 Å². The Bertz CT molecular complexity index is 693. The van der Waals surface area contributed by atoms with Crippen molar-refractivity contribution in [2.75, 3.05) is 31.2 Å². The van der Waals surface area contributed by atoms with Gasteiger partial charge in [0.2, 0.25) is 5.28 Å². The average molecular weight is 354 g/mol. The van der Waals surface area contributed by atoms with E-state index in [0.29, 0.717) is 18.4 Å². The highest BCUT2D eigenvalue weighted by Crippen LogP contribution is 2.27. The molecule has 0 saturated carbocycles. The third-order valence-electron chi connectivity index (χ3n) is 3.89. The van der Waals surface area contributed by atoms with Gasteiger partial charge in [0.25, 0.3) is 0 Å². The van der Waals surface area contributed by atoms with Crippen molar-refractivity contribution in [3.05, 3.63) is 11.0 Å². The van der Waals surface area contributed by atoms with E-state index >= 15 is 0 Å². The first kappa shape index (κ1) is 16.7. The van der Waals surface area contributed by atoms with Crippen LogP contribution in [0, 0.1) is 0 Å². The number of halogens is 1. The molecule has 2 aromatic heterocycles. The van der Waals surface area contributed by atoms with Crippen LogP contribution in [-0.4, -0.2) is 46.2 Å².